The molecule has 1 fully saturated rings. The van der Waals surface area contributed by atoms with Gasteiger partial charge < -0.3 is 14.4 Å². The number of benzene rings is 1. The van der Waals surface area contributed by atoms with Gasteiger partial charge in [0.15, 0.2) is 0 Å². The van der Waals surface area contributed by atoms with Crippen molar-refractivity contribution in [2.75, 3.05) is 40.0 Å². The van der Waals surface area contributed by atoms with E-state index in [1.54, 1.807) is 7.11 Å². The molecule has 0 aliphatic carbocycles. The molecule has 0 bridgehead atoms. The number of nitrogens with zero attached hydrogens (tertiary/aromatic N) is 2. The van der Waals surface area contributed by atoms with Crippen LogP contribution in [-0.2, 0) is 22.6 Å². The zero-order valence-electron chi connectivity index (χ0n) is 15.3. The predicted octanol–water partition coefficient (Wildman–Crippen LogP) is 2.82. The second-order valence-corrected chi connectivity index (χ2v) is 7.04. The number of methoxy groups -OCH3 is 1. The van der Waals surface area contributed by atoms with Crippen LogP contribution in [0.3, 0.4) is 0 Å². The molecular weight excluding hydrogens is 316 g/mol. The van der Waals surface area contributed by atoms with Gasteiger partial charge in [-0.05, 0) is 43.6 Å². The number of carbonyl (C=O) groups is 1. The standard InChI is InChI=1S/C20H30N2O3/c1-24-12-8-20(23)22-11-13-25-19-7-6-17(14-18(19)16-22)15-21-9-4-2-3-5-10-21/h6-7,14H,2-5,8-13,15-16H2,1H3. The molecule has 5 nitrogen and oxygen atoms in total. The number of amides is 1. The third-order valence-corrected chi connectivity index (χ3v) is 5.08. The molecule has 1 aromatic carbocycles. The van der Waals surface area contributed by atoms with E-state index in [1.807, 2.05) is 4.90 Å². The van der Waals surface area contributed by atoms with Crippen LogP contribution in [-0.4, -0.2) is 55.7 Å². The van der Waals surface area contributed by atoms with Crippen LogP contribution in [0.25, 0.3) is 0 Å². The summed E-state index contributed by atoms with van der Waals surface area (Å²) in [6.45, 7) is 5.66. The molecule has 2 aliphatic heterocycles. The Kier molecular flexibility index (Phi) is 6.70. The number of rotatable bonds is 5. The highest BCUT2D eigenvalue weighted by atomic mass is 16.5. The van der Waals surface area contributed by atoms with Gasteiger partial charge in [0.2, 0.25) is 5.91 Å². The summed E-state index contributed by atoms with van der Waals surface area (Å²) in [6, 6.07) is 6.47. The molecule has 0 atom stereocenters. The summed E-state index contributed by atoms with van der Waals surface area (Å²) in [7, 11) is 1.63. The van der Waals surface area contributed by atoms with E-state index < -0.39 is 0 Å². The Morgan fingerprint density at radius 1 is 1.16 bits per heavy atom. The fourth-order valence-electron chi connectivity index (χ4n) is 3.66. The van der Waals surface area contributed by atoms with Crippen LogP contribution in [0.5, 0.6) is 5.75 Å². The van der Waals surface area contributed by atoms with Crippen LogP contribution in [0, 0.1) is 0 Å². The fourth-order valence-corrected chi connectivity index (χ4v) is 3.66. The molecule has 1 amide bonds. The molecule has 2 aliphatic rings. The monoisotopic (exact) mass is 346 g/mol. The first-order valence-corrected chi connectivity index (χ1v) is 9.50. The second-order valence-electron chi connectivity index (χ2n) is 7.04. The van der Waals surface area contributed by atoms with Crippen LogP contribution < -0.4 is 4.74 Å². The maximum absolute atomic E-state index is 12.3. The second kappa shape index (κ2) is 9.20. The van der Waals surface area contributed by atoms with E-state index in [4.69, 9.17) is 9.47 Å². The molecule has 1 saturated heterocycles. The molecule has 0 radical (unpaired) electrons. The lowest BCUT2D eigenvalue weighted by Crippen LogP contribution is -2.33. The lowest BCUT2D eigenvalue weighted by atomic mass is 10.1. The Morgan fingerprint density at radius 2 is 1.96 bits per heavy atom. The van der Waals surface area contributed by atoms with Crippen LogP contribution >= 0.6 is 0 Å². The number of carbonyl (C=O) groups excluding carboxylic acids is 1. The van der Waals surface area contributed by atoms with Crippen molar-refractivity contribution in [2.24, 2.45) is 0 Å². The molecule has 3 rings (SSSR count). The highest BCUT2D eigenvalue weighted by Gasteiger charge is 2.20. The number of hydrogen-bond donors (Lipinski definition) is 0. The van der Waals surface area contributed by atoms with Crippen molar-refractivity contribution in [2.45, 2.75) is 45.2 Å². The largest absolute Gasteiger partial charge is 0.491 e. The molecule has 138 valence electrons. The van der Waals surface area contributed by atoms with Crippen molar-refractivity contribution in [3.05, 3.63) is 29.3 Å². The fraction of sp³-hybridized carbons (Fsp3) is 0.650. The van der Waals surface area contributed by atoms with E-state index in [9.17, 15) is 4.79 Å². The summed E-state index contributed by atoms with van der Waals surface area (Å²) < 4.78 is 10.9. The van der Waals surface area contributed by atoms with E-state index in [1.165, 1.54) is 44.3 Å². The predicted molar refractivity (Wildman–Crippen MR) is 97.6 cm³/mol. The molecule has 0 saturated carbocycles. The minimum absolute atomic E-state index is 0.135. The third kappa shape index (κ3) is 5.19. The van der Waals surface area contributed by atoms with Crippen LogP contribution in [0.2, 0.25) is 0 Å². The van der Waals surface area contributed by atoms with Gasteiger partial charge in [-0.25, -0.2) is 0 Å². The molecule has 25 heavy (non-hydrogen) atoms. The molecule has 5 heteroatoms. The average molecular weight is 346 g/mol. The van der Waals surface area contributed by atoms with Crippen molar-refractivity contribution in [3.63, 3.8) is 0 Å². The van der Waals surface area contributed by atoms with Crippen molar-refractivity contribution < 1.29 is 14.3 Å². The Balaban J connectivity index is 1.67. The normalized spacial score (nSPS) is 18.8. The summed E-state index contributed by atoms with van der Waals surface area (Å²) in [5.41, 5.74) is 2.44. The van der Waals surface area contributed by atoms with Crippen LogP contribution in [0.15, 0.2) is 18.2 Å². The van der Waals surface area contributed by atoms with Crippen molar-refractivity contribution in [1.29, 1.82) is 0 Å². The topological polar surface area (TPSA) is 42.0 Å². The minimum Gasteiger partial charge on any atom is -0.491 e. The number of likely N-dealkylation sites (tertiary alicyclic amines) is 1. The molecule has 0 spiro atoms. The van der Waals surface area contributed by atoms with Gasteiger partial charge >= 0.3 is 0 Å². The van der Waals surface area contributed by atoms with Gasteiger partial charge in [-0.1, -0.05) is 18.9 Å². The Labute approximate surface area is 150 Å². The van der Waals surface area contributed by atoms with Gasteiger partial charge in [0.1, 0.15) is 12.4 Å². The molecule has 0 unspecified atom stereocenters. The molecule has 0 aromatic heterocycles. The summed E-state index contributed by atoms with van der Waals surface area (Å²) in [6.07, 6.45) is 5.74. The van der Waals surface area contributed by atoms with Crippen molar-refractivity contribution >= 4 is 5.91 Å². The summed E-state index contributed by atoms with van der Waals surface area (Å²) >= 11 is 0. The van der Waals surface area contributed by atoms with Gasteiger partial charge in [-0.2, -0.15) is 0 Å². The third-order valence-electron chi connectivity index (χ3n) is 5.08. The van der Waals surface area contributed by atoms with E-state index in [0.717, 1.165) is 17.9 Å². The van der Waals surface area contributed by atoms with Crippen LogP contribution in [0.4, 0.5) is 0 Å². The van der Waals surface area contributed by atoms with Gasteiger partial charge in [-0.15, -0.1) is 0 Å². The number of ether oxygens (including phenoxy) is 2. The Hall–Kier alpha value is -1.59. The highest BCUT2D eigenvalue weighted by Crippen LogP contribution is 2.26. The molecule has 2 heterocycles. The first kappa shape index (κ1) is 18.2. The Bertz CT molecular complexity index is 568. The minimum atomic E-state index is 0.135. The van der Waals surface area contributed by atoms with Gasteiger partial charge in [0, 0.05) is 25.8 Å². The lowest BCUT2D eigenvalue weighted by molar-refractivity contribution is -0.132. The quantitative estimate of drug-likeness (QED) is 0.822. The zero-order chi connectivity index (χ0) is 17.5. The summed E-state index contributed by atoms with van der Waals surface area (Å²) in [4.78, 5) is 16.8. The summed E-state index contributed by atoms with van der Waals surface area (Å²) in [5, 5.41) is 0. The number of hydrogen-bond acceptors (Lipinski definition) is 4. The van der Waals surface area contributed by atoms with Gasteiger partial charge in [-0.3, -0.25) is 9.69 Å². The van der Waals surface area contributed by atoms with Gasteiger partial charge in [0.25, 0.3) is 0 Å². The molecule has 0 N–H and O–H groups in total. The maximum atomic E-state index is 12.3. The zero-order valence-corrected chi connectivity index (χ0v) is 15.3. The highest BCUT2D eigenvalue weighted by molar-refractivity contribution is 5.76. The molecule has 1 aromatic rings. The van der Waals surface area contributed by atoms with E-state index >= 15 is 0 Å². The van der Waals surface area contributed by atoms with Crippen molar-refractivity contribution in [1.82, 2.24) is 9.80 Å². The van der Waals surface area contributed by atoms with Crippen LogP contribution in [0.1, 0.15) is 43.2 Å². The SMILES string of the molecule is COCCC(=O)N1CCOc2ccc(CN3CCCCCC3)cc2C1. The maximum Gasteiger partial charge on any atom is 0.225 e. The van der Waals surface area contributed by atoms with Gasteiger partial charge in [0.05, 0.1) is 19.6 Å². The van der Waals surface area contributed by atoms with E-state index in [2.05, 4.69) is 23.1 Å². The molecular formula is C20H30N2O3. The first-order valence-electron chi connectivity index (χ1n) is 9.50. The lowest BCUT2D eigenvalue weighted by Gasteiger charge is -2.22. The van der Waals surface area contributed by atoms with Crippen molar-refractivity contribution in [3.8, 4) is 5.75 Å². The first-order chi connectivity index (χ1) is 12.3. The number of fused-ring (bicyclic) bond motifs is 1. The average Bonchev–Trinajstić information content (AvgIpc) is 3.00. The van der Waals surface area contributed by atoms with E-state index in [-0.39, 0.29) is 5.91 Å². The smallest absolute Gasteiger partial charge is 0.225 e. The Morgan fingerprint density at radius 3 is 2.72 bits per heavy atom. The summed E-state index contributed by atoms with van der Waals surface area (Å²) in [5.74, 6) is 1.05. The van der Waals surface area contributed by atoms with E-state index in [0.29, 0.717) is 32.7 Å².